The number of pyridine rings is 1. The topological polar surface area (TPSA) is 62.2 Å². The lowest BCUT2D eigenvalue weighted by molar-refractivity contribution is 0.0691. The molecule has 1 aliphatic rings. The highest BCUT2D eigenvalue weighted by atomic mass is 16.4. The molecule has 2 rings (SSSR count). The third-order valence-electron chi connectivity index (χ3n) is 2.73. The fraction of sp³-hybridized carbons (Fsp3) is 0.455. The number of hydrogen-bond donors (Lipinski definition) is 2. The van der Waals surface area contributed by atoms with Gasteiger partial charge in [0.25, 0.3) is 0 Å². The summed E-state index contributed by atoms with van der Waals surface area (Å²) >= 11 is 0. The average molecular weight is 206 g/mol. The van der Waals surface area contributed by atoms with E-state index in [0.29, 0.717) is 11.7 Å². The van der Waals surface area contributed by atoms with Gasteiger partial charge in [0.2, 0.25) is 0 Å². The Kier molecular flexibility index (Phi) is 2.85. The molecule has 0 aliphatic heterocycles. The molecule has 4 heteroatoms. The first kappa shape index (κ1) is 9.96. The van der Waals surface area contributed by atoms with E-state index in [4.69, 9.17) is 5.11 Å². The first-order valence-corrected chi connectivity index (χ1v) is 5.22. The molecule has 0 radical (unpaired) electrons. The van der Waals surface area contributed by atoms with Gasteiger partial charge in [0.1, 0.15) is 0 Å². The van der Waals surface area contributed by atoms with Crippen LogP contribution in [0, 0.1) is 0 Å². The second-order valence-corrected chi connectivity index (χ2v) is 3.83. The molecule has 1 heterocycles. The van der Waals surface area contributed by atoms with Gasteiger partial charge in [-0.3, -0.25) is 0 Å². The maximum atomic E-state index is 10.9. The molecule has 0 aromatic carbocycles. The highest BCUT2D eigenvalue weighted by molar-refractivity contribution is 5.91. The molecule has 0 saturated heterocycles. The summed E-state index contributed by atoms with van der Waals surface area (Å²) in [5, 5.41) is 12.2. The standard InChI is InChI=1S/C11H14N2O2/c14-11(15)10-9(6-3-7-12-10)13-8-4-1-2-5-8/h3,6-8,13H,1-2,4-5H2,(H,14,15). The van der Waals surface area contributed by atoms with Crippen molar-refractivity contribution in [3.8, 4) is 0 Å². The Morgan fingerprint density at radius 1 is 1.47 bits per heavy atom. The Morgan fingerprint density at radius 3 is 2.87 bits per heavy atom. The molecule has 0 bridgehead atoms. The molecule has 1 saturated carbocycles. The van der Waals surface area contributed by atoms with E-state index in [-0.39, 0.29) is 5.69 Å². The summed E-state index contributed by atoms with van der Waals surface area (Å²) in [6.07, 6.45) is 6.19. The summed E-state index contributed by atoms with van der Waals surface area (Å²) < 4.78 is 0. The summed E-state index contributed by atoms with van der Waals surface area (Å²) in [5.74, 6) is -0.976. The van der Waals surface area contributed by atoms with Crippen LogP contribution in [0.3, 0.4) is 0 Å². The summed E-state index contributed by atoms with van der Waals surface area (Å²) in [7, 11) is 0. The molecular formula is C11H14N2O2. The van der Waals surface area contributed by atoms with Gasteiger partial charge in [-0.15, -0.1) is 0 Å². The Balaban J connectivity index is 2.15. The number of hydrogen-bond acceptors (Lipinski definition) is 3. The number of nitrogens with zero attached hydrogens (tertiary/aromatic N) is 1. The zero-order chi connectivity index (χ0) is 10.7. The molecule has 1 fully saturated rings. The molecule has 80 valence electrons. The van der Waals surface area contributed by atoms with Gasteiger partial charge in [-0.1, -0.05) is 12.8 Å². The molecular weight excluding hydrogens is 192 g/mol. The lowest BCUT2D eigenvalue weighted by Crippen LogP contribution is -2.17. The van der Waals surface area contributed by atoms with Crippen molar-refractivity contribution in [1.29, 1.82) is 0 Å². The van der Waals surface area contributed by atoms with E-state index in [9.17, 15) is 4.79 Å². The zero-order valence-electron chi connectivity index (χ0n) is 8.44. The van der Waals surface area contributed by atoms with Crippen LogP contribution in [0.5, 0.6) is 0 Å². The molecule has 0 spiro atoms. The van der Waals surface area contributed by atoms with Crippen LogP contribution < -0.4 is 5.32 Å². The Labute approximate surface area is 88.3 Å². The molecule has 4 nitrogen and oxygen atoms in total. The Morgan fingerprint density at radius 2 is 2.20 bits per heavy atom. The predicted octanol–water partition coefficient (Wildman–Crippen LogP) is 2.13. The first-order chi connectivity index (χ1) is 7.27. The number of aromatic carboxylic acids is 1. The molecule has 1 aliphatic carbocycles. The highest BCUT2D eigenvalue weighted by Crippen LogP contribution is 2.23. The van der Waals surface area contributed by atoms with Gasteiger partial charge in [0.15, 0.2) is 5.69 Å². The van der Waals surface area contributed by atoms with Gasteiger partial charge >= 0.3 is 5.97 Å². The SMILES string of the molecule is O=C(O)c1ncccc1NC1CCCC1. The van der Waals surface area contributed by atoms with Crippen LogP contribution in [0.15, 0.2) is 18.3 Å². The van der Waals surface area contributed by atoms with Gasteiger partial charge in [-0.05, 0) is 25.0 Å². The minimum absolute atomic E-state index is 0.115. The molecule has 0 atom stereocenters. The van der Waals surface area contributed by atoms with Crippen molar-refractivity contribution in [2.45, 2.75) is 31.7 Å². The first-order valence-electron chi connectivity index (χ1n) is 5.22. The number of rotatable bonds is 3. The quantitative estimate of drug-likeness (QED) is 0.795. The highest BCUT2D eigenvalue weighted by Gasteiger charge is 2.18. The Bertz CT molecular complexity index is 359. The number of aromatic nitrogens is 1. The lowest BCUT2D eigenvalue weighted by Gasteiger charge is -2.14. The van der Waals surface area contributed by atoms with Crippen LogP contribution in [-0.2, 0) is 0 Å². The number of carboxylic acids is 1. The monoisotopic (exact) mass is 206 g/mol. The second-order valence-electron chi connectivity index (χ2n) is 3.83. The second kappa shape index (κ2) is 4.29. The van der Waals surface area contributed by atoms with Gasteiger partial charge in [-0.2, -0.15) is 0 Å². The molecule has 15 heavy (non-hydrogen) atoms. The van der Waals surface area contributed by atoms with Crippen LogP contribution in [0.25, 0.3) is 0 Å². The molecule has 0 amide bonds. The van der Waals surface area contributed by atoms with Crippen LogP contribution in [0.2, 0.25) is 0 Å². The van der Waals surface area contributed by atoms with E-state index >= 15 is 0 Å². The maximum absolute atomic E-state index is 10.9. The van der Waals surface area contributed by atoms with E-state index in [1.54, 1.807) is 12.1 Å². The van der Waals surface area contributed by atoms with Gasteiger partial charge in [-0.25, -0.2) is 9.78 Å². The van der Waals surface area contributed by atoms with Crippen LogP contribution in [0.4, 0.5) is 5.69 Å². The van der Waals surface area contributed by atoms with Crippen molar-refractivity contribution in [1.82, 2.24) is 4.98 Å². The van der Waals surface area contributed by atoms with Crippen molar-refractivity contribution in [2.24, 2.45) is 0 Å². The predicted molar refractivity (Wildman–Crippen MR) is 57.1 cm³/mol. The fourth-order valence-corrected chi connectivity index (χ4v) is 1.98. The number of nitrogens with one attached hydrogen (secondary N) is 1. The summed E-state index contributed by atoms with van der Waals surface area (Å²) in [6.45, 7) is 0. The van der Waals surface area contributed by atoms with Crippen molar-refractivity contribution >= 4 is 11.7 Å². The minimum Gasteiger partial charge on any atom is -0.476 e. The van der Waals surface area contributed by atoms with Crippen molar-refractivity contribution < 1.29 is 9.90 Å². The average Bonchev–Trinajstić information content (AvgIpc) is 2.71. The molecule has 2 N–H and O–H groups in total. The maximum Gasteiger partial charge on any atom is 0.356 e. The lowest BCUT2D eigenvalue weighted by atomic mass is 10.2. The smallest absolute Gasteiger partial charge is 0.356 e. The summed E-state index contributed by atoms with van der Waals surface area (Å²) in [6, 6.07) is 3.94. The Hall–Kier alpha value is -1.58. The fourth-order valence-electron chi connectivity index (χ4n) is 1.98. The van der Waals surface area contributed by atoms with E-state index in [0.717, 1.165) is 12.8 Å². The zero-order valence-corrected chi connectivity index (χ0v) is 8.44. The van der Waals surface area contributed by atoms with Crippen LogP contribution in [-0.4, -0.2) is 22.1 Å². The number of carbonyl (C=O) groups is 1. The van der Waals surface area contributed by atoms with Crippen molar-refractivity contribution in [3.05, 3.63) is 24.0 Å². The molecule has 0 unspecified atom stereocenters. The van der Waals surface area contributed by atoms with E-state index in [1.165, 1.54) is 19.0 Å². The minimum atomic E-state index is -0.976. The molecule has 1 aromatic rings. The van der Waals surface area contributed by atoms with Gasteiger partial charge in [0.05, 0.1) is 5.69 Å². The van der Waals surface area contributed by atoms with E-state index in [1.807, 2.05) is 0 Å². The normalized spacial score (nSPS) is 16.5. The van der Waals surface area contributed by atoms with Gasteiger partial charge in [0, 0.05) is 12.2 Å². The van der Waals surface area contributed by atoms with Crippen molar-refractivity contribution in [2.75, 3.05) is 5.32 Å². The van der Waals surface area contributed by atoms with E-state index < -0.39 is 5.97 Å². The third kappa shape index (κ3) is 2.26. The number of carboxylic acid groups (broad SMARTS) is 1. The third-order valence-corrected chi connectivity index (χ3v) is 2.73. The summed E-state index contributed by atoms with van der Waals surface area (Å²) in [4.78, 5) is 14.8. The van der Waals surface area contributed by atoms with Crippen molar-refractivity contribution in [3.63, 3.8) is 0 Å². The number of anilines is 1. The summed E-state index contributed by atoms with van der Waals surface area (Å²) in [5.41, 5.74) is 0.751. The van der Waals surface area contributed by atoms with Crippen LogP contribution >= 0.6 is 0 Å². The van der Waals surface area contributed by atoms with Crippen LogP contribution in [0.1, 0.15) is 36.2 Å². The molecule has 1 aromatic heterocycles. The van der Waals surface area contributed by atoms with Gasteiger partial charge < -0.3 is 10.4 Å². The van der Waals surface area contributed by atoms with E-state index in [2.05, 4.69) is 10.3 Å². The largest absolute Gasteiger partial charge is 0.476 e.